The van der Waals surface area contributed by atoms with Crippen LogP contribution in [0.25, 0.3) is 0 Å². The maximum absolute atomic E-state index is 12.3. The monoisotopic (exact) mass is 694 g/mol. The molecule has 4 unspecified atom stereocenters. The molecule has 0 bridgehead atoms. The number of carbonyl (C=O) groups excluding carboxylic acids is 2. The van der Waals surface area contributed by atoms with E-state index in [1.807, 2.05) is 111 Å². The van der Waals surface area contributed by atoms with Gasteiger partial charge in [-0.25, -0.2) is 0 Å². The van der Waals surface area contributed by atoms with Crippen LogP contribution in [0.5, 0.6) is 0 Å². The van der Waals surface area contributed by atoms with Gasteiger partial charge in [0.25, 0.3) is 0 Å². The van der Waals surface area contributed by atoms with Crippen LogP contribution in [-0.2, 0) is 36.6 Å². The minimum absolute atomic E-state index is 0.236. The molecule has 2 N–H and O–H groups in total. The summed E-state index contributed by atoms with van der Waals surface area (Å²) in [7, 11) is 0. The molecule has 0 spiro atoms. The first-order chi connectivity index (χ1) is 24.6. The fourth-order valence-electron chi connectivity index (χ4n) is 6.76. The third kappa shape index (κ3) is 13.1. The number of rotatable bonds is 20. The maximum Gasteiger partial charge on any atom is 0.302 e. The van der Waals surface area contributed by atoms with Crippen LogP contribution in [0.15, 0.2) is 121 Å². The van der Waals surface area contributed by atoms with Crippen molar-refractivity contribution in [2.24, 2.45) is 11.8 Å². The summed E-state index contributed by atoms with van der Waals surface area (Å²) in [6, 6.07) is 39.2. The quantitative estimate of drug-likeness (QED) is 0.0897. The zero-order valence-corrected chi connectivity index (χ0v) is 30.3. The average molecular weight is 695 g/mol. The van der Waals surface area contributed by atoms with Crippen molar-refractivity contribution >= 4 is 11.9 Å². The van der Waals surface area contributed by atoms with Crippen LogP contribution in [0.4, 0.5) is 0 Å². The Balaban J connectivity index is 1.56. The topological polar surface area (TPSA) is 102 Å². The molecule has 0 aliphatic rings. The molecule has 0 radical (unpaired) electrons. The van der Waals surface area contributed by atoms with Crippen molar-refractivity contribution in [3.8, 4) is 0 Å². The molecule has 51 heavy (non-hydrogen) atoms. The number of ether oxygens (including phenoxy) is 3. The van der Waals surface area contributed by atoms with Crippen LogP contribution in [0, 0.1) is 11.8 Å². The lowest BCUT2D eigenvalue weighted by Gasteiger charge is -2.32. The van der Waals surface area contributed by atoms with E-state index in [1.54, 1.807) is 0 Å². The summed E-state index contributed by atoms with van der Waals surface area (Å²) in [4.78, 5) is 24.5. The van der Waals surface area contributed by atoms with Gasteiger partial charge in [0.2, 0.25) is 0 Å². The van der Waals surface area contributed by atoms with Gasteiger partial charge in [-0.2, -0.15) is 0 Å². The number of hydrogen-bond donors (Lipinski definition) is 2. The fraction of sp³-hybridized carbons (Fsp3) is 0.409. The minimum atomic E-state index is -0.804. The predicted octanol–water partition coefficient (Wildman–Crippen LogP) is 8.39. The van der Waals surface area contributed by atoms with Crippen molar-refractivity contribution in [3.63, 3.8) is 0 Å². The number of esters is 2. The Morgan fingerprint density at radius 2 is 0.824 bits per heavy atom. The smallest absolute Gasteiger partial charge is 0.302 e. The van der Waals surface area contributed by atoms with Gasteiger partial charge in [-0.15, -0.1) is 0 Å². The van der Waals surface area contributed by atoms with Gasteiger partial charge in [0.1, 0.15) is 12.2 Å². The fourth-order valence-corrected chi connectivity index (χ4v) is 6.76. The van der Waals surface area contributed by atoms with Crippen LogP contribution >= 0.6 is 0 Å². The second-order valence-electron chi connectivity index (χ2n) is 13.6. The molecule has 0 aliphatic heterocycles. The van der Waals surface area contributed by atoms with Crippen LogP contribution in [0.1, 0.15) is 87.8 Å². The number of aliphatic hydroxyl groups excluding tert-OH is 2. The molecular weight excluding hydrogens is 640 g/mol. The van der Waals surface area contributed by atoms with E-state index >= 15 is 0 Å². The van der Waals surface area contributed by atoms with Gasteiger partial charge < -0.3 is 24.4 Å². The van der Waals surface area contributed by atoms with Crippen molar-refractivity contribution in [1.29, 1.82) is 0 Å². The lowest BCUT2D eigenvalue weighted by Crippen LogP contribution is -2.33. The van der Waals surface area contributed by atoms with Crippen molar-refractivity contribution < 1.29 is 34.0 Å². The van der Waals surface area contributed by atoms with Crippen molar-refractivity contribution in [1.82, 2.24) is 0 Å². The van der Waals surface area contributed by atoms with Crippen molar-refractivity contribution in [3.05, 3.63) is 144 Å². The van der Waals surface area contributed by atoms with E-state index in [0.717, 1.165) is 22.3 Å². The second-order valence-corrected chi connectivity index (χ2v) is 13.6. The highest BCUT2D eigenvalue weighted by Gasteiger charge is 2.31. The van der Waals surface area contributed by atoms with Gasteiger partial charge in [0.05, 0.1) is 24.4 Å². The summed E-state index contributed by atoms with van der Waals surface area (Å²) in [6.45, 7) is 6.63. The van der Waals surface area contributed by atoms with Crippen molar-refractivity contribution in [2.75, 3.05) is 0 Å². The summed E-state index contributed by atoms with van der Waals surface area (Å²) in [6.07, 6.45) is 0.313. The van der Waals surface area contributed by atoms with E-state index in [0.29, 0.717) is 38.5 Å². The van der Waals surface area contributed by atoms with Crippen LogP contribution in [0.2, 0.25) is 0 Å². The van der Waals surface area contributed by atoms with Gasteiger partial charge >= 0.3 is 11.9 Å². The van der Waals surface area contributed by atoms with Crippen molar-refractivity contribution in [2.45, 2.75) is 103 Å². The first-order valence-corrected chi connectivity index (χ1v) is 18.1. The molecule has 7 heteroatoms. The molecule has 7 nitrogen and oxygen atoms in total. The van der Waals surface area contributed by atoms with E-state index in [2.05, 4.69) is 24.3 Å². The van der Waals surface area contributed by atoms with E-state index in [9.17, 15) is 19.8 Å². The molecule has 4 aromatic carbocycles. The Morgan fingerprint density at radius 3 is 1.14 bits per heavy atom. The number of carbonyl (C=O) groups is 2. The highest BCUT2D eigenvalue weighted by molar-refractivity contribution is 5.66. The summed E-state index contributed by atoms with van der Waals surface area (Å²) >= 11 is 0. The average Bonchev–Trinajstić information content (AvgIpc) is 3.14. The Morgan fingerprint density at radius 1 is 0.510 bits per heavy atom. The summed E-state index contributed by atoms with van der Waals surface area (Å²) in [5.74, 6) is -1.48. The molecule has 0 aliphatic carbocycles. The maximum atomic E-state index is 12.3. The van der Waals surface area contributed by atoms with E-state index in [-0.39, 0.29) is 24.0 Å². The first kappa shape index (κ1) is 39.5. The van der Waals surface area contributed by atoms with Crippen LogP contribution in [-0.4, -0.2) is 46.6 Å². The summed E-state index contributed by atoms with van der Waals surface area (Å²) in [5.41, 5.74) is 3.80. The molecule has 4 rings (SSSR count). The lowest BCUT2D eigenvalue weighted by atomic mass is 9.88. The number of aliphatic hydroxyl groups is 2. The summed E-state index contributed by atoms with van der Waals surface area (Å²) < 4.78 is 18.7. The Labute approximate surface area is 303 Å². The molecule has 4 aromatic rings. The lowest BCUT2D eigenvalue weighted by molar-refractivity contribution is -0.152. The van der Waals surface area contributed by atoms with Crippen LogP contribution in [0.3, 0.4) is 0 Å². The molecule has 0 saturated heterocycles. The SMILES string of the molecule is CC(=O)O[C@@H](CCC(Cc1ccccc1)OC(CC[C@H](OC(C)=O)[C@H](C)C(O)c1ccccc1)Cc1ccccc1)[C@H](C)C(O)c1ccccc1. The molecule has 8 atom stereocenters. The Kier molecular flexibility index (Phi) is 15.9. The van der Waals surface area contributed by atoms with E-state index in [1.165, 1.54) is 13.8 Å². The third-order valence-electron chi connectivity index (χ3n) is 9.63. The Hall–Kier alpha value is -4.30. The van der Waals surface area contributed by atoms with Gasteiger partial charge in [-0.1, -0.05) is 135 Å². The highest BCUT2D eigenvalue weighted by Crippen LogP contribution is 2.32. The van der Waals surface area contributed by atoms with Gasteiger partial charge in [-0.05, 0) is 60.8 Å². The summed E-state index contributed by atoms with van der Waals surface area (Å²) in [5, 5.41) is 22.5. The molecule has 0 heterocycles. The standard InChI is InChI=1S/C44H54O7/c1-31(43(47)37-21-13-7-14-22-37)41(49-33(3)45)27-25-39(29-35-17-9-5-10-18-35)51-40(30-36-19-11-6-12-20-36)26-28-42(50-34(4)46)32(2)44(48)38-23-15-8-16-24-38/h5-24,31-32,39-44,47-48H,25-30H2,1-4H3/t31-,32-,39?,40?,41-,42-,43?,44?/m0/s1. The minimum Gasteiger partial charge on any atom is -0.462 e. The Bertz CT molecular complexity index is 1450. The van der Waals surface area contributed by atoms with Gasteiger partial charge in [-0.3, -0.25) is 9.59 Å². The predicted molar refractivity (Wildman–Crippen MR) is 200 cm³/mol. The highest BCUT2D eigenvalue weighted by atomic mass is 16.5. The number of hydrogen-bond acceptors (Lipinski definition) is 7. The molecule has 0 aromatic heterocycles. The molecule has 0 saturated carbocycles. The van der Waals surface area contributed by atoms with Crippen LogP contribution < -0.4 is 0 Å². The molecule has 0 amide bonds. The van der Waals surface area contributed by atoms with E-state index in [4.69, 9.17) is 14.2 Å². The number of benzene rings is 4. The normalized spacial score (nSPS) is 16.1. The second kappa shape index (κ2) is 20.5. The largest absolute Gasteiger partial charge is 0.462 e. The van der Waals surface area contributed by atoms with Gasteiger partial charge in [0.15, 0.2) is 0 Å². The first-order valence-electron chi connectivity index (χ1n) is 18.1. The molecule has 0 fully saturated rings. The third-order valence-corrected chi connectivity index (χ3v) is 9.63. The molecule has 272 valence electrons. The molecular formula is C44H54O7. The zero-order chi connectivity index (χ0) is 36.6. The van der Waals surface area contributed by atoms with Gasteiger partial charge in [0, 0.05) is 25.7 Å². The van der Waals surface area contributed by atoms with E-state index < -0.39 is 36.4 Å². The zero-order valence-electron chi connectivity index (χ0n) is 30.3.